The van der Waals surface area contributed by atoms with Gasteiger partial charge in [0.15, 0.2) is 0 Å². The van der Waals surface area contributed by atoms with Crippen LogP contribution in [0.5, 0.6) is 5.75 Å². The Labute approximate surface area is 117 Å². The fourth-order valence-electron chi connectivity index (χ4n) is 2.87. The highest BCUT2D eigenvalue weighted by Gasteiger charge is 2.37. The highest BCUT2D eigenvalue weighted by molar-refractivity contribution is 5.81. The molecule has 2 aliphatic rings. The Balaban J connectivity index is 1.57. The average Bonchev–Trinajstić information content (AvgIpc) is 2.41. The fourth-order valence-corrected chi connectivity index (χ4v) is 2.87. The standard InChI is InChI=1S/C15H17NO4/c17-14(18)5-10-7-16(8-10)15(19)12-6-11-3-1-2-4-13(11)20-9-12/h1-4,10,12H,5-9H2,(H,17,18). The molecule has 20 heavy (non-hydrogen) atoms. The first kappa shape index (κ1) is 13.0. The van der Waals surface area contributed by atoms with Crippen LogP contribution in [-0.2, 0) is 16.0 Å². The predicted molar refractivity (Wildman–Crippen MR) is 71.5 cm³/mol. The lowest BCUT2D eigenvalue weighted by atomic mass is 9.91. The van der Waals surface area contributed by atoms with E-state index in [2.05, 4.69) is 0 Å². The fraction of sp³-hybridized carbons (Fsp3) is 0.467. The van der Waals surface area contributed by atoms with Crippen molar-refractivity contribution in [1.82, 2.24) is 4.90 Å². The molecule has 5 heteroatoms. The Morgan fingerprint density at radius 1 is 1.30 bits per heavy atom. The summed E-state index contributed by atoms with van der Waals surface area (Å²) < 4.78 is 5.63. The molecule has 1 atom stereocenters. The number of nitrogens with zero attached hydrogens (tertiary/aromatic N) is 1. The van der Waals surface area contributed by atoms with E-state index < -0.39 is 5.97 Å². The summed E-state index contributed by atoms with van der Waals surface area (Å²) in [5, 5.41) is 8.71. The van der Waals surface area contributed by atoms with E-state index in [1.807, 2.05) is 24.3 Å². The van der Waals surface area contributed by atoms with E-state index in [0.717, 1.165) is 11.3 Å². The van der Waals surface area contributed by atoms with E-state index in [1.165, 1.54) is 0 Å². The number of carboxylic acids is 1. The van der Waals surface area contributed by atoms with Crippen LogP contribution in [0.25, 0.3) is 0 Å². The average molecular weight is 275 g/mol. The van der Waals surface area contributed by atoms with Gasteiger partial charge in [0, 0.05) is 19.0 Å². The van der Waals surface area contributed by atoms with Gasteiger partial charge in [-0.05, 0) is 18.1 Å². The molecule has 1 N–H and O–H groups in total. The molecule has 1 aromatic rings. The maximum Gasteiger partial charge on any atom is 0.303 e. The van der Waals surface area contributed by atoms with Crippen molar-refractivity contribution in [2.45, 2.75) is 12.8 Å². The van der Waals surface area contributed by atoms with Crippen molar-refractivity contribution >= 4 is 11.9 Å². The van der Waals surface area contributed by atoms with Gasteiger partial charge in [0.05, 0.1) is 12.3 Å². The summed E-state index contributed by atoms with van der Waals surface area (Å²) in [7, 11) is 0. The normalized spacial score (nSPS) is 21.6. The van der Waals surface area contributed by atoms with Crippen LogP contribution in [0.4, 0.5) is 0 Å². The molecule has 0 saturated carbocycles. The molecular formula is C15H17NO4. The minimum Gasteiger partial charge on any atom is -0.492 e. The van der Waals surface area contributed by atoms with Gasteiger partial charge in [0.1, 0.15) is 12.4 Å². The van der Waals surface area contributed by atoms with Gasteiger partial charge in [0.2, 0.25) is 5.91 Å². The van der Waals surface area contributed by atoms with E-state index in [9.17, 15) is 9.59 Å². The second-order valence-corrected chi connectivity index (χ2v) is 5.53. The first-order chi connectivity index (χ1) is 9.63. The Bertz CT molecular complexity index is 536. The van der Waals surface area contributed by atoms with Crippen molar-refractivity contribution in [3.05, 3.63) is 29.8 Å². The Morgan fingerprint density at radius 2 is 2.05 bits per heavy atom. The molecule has 0 spiro atoms. The molecule has 0 radical (unpaired) electrons. The lowest BCUT2D eigenvalue weighted by Crippen LogP contribution is -2.53. The minimum atomic E-state index is -0.794. The lowest BCUT2D eigenvalue weighted by molar-refractivity contribution is -0.148. The maximum atomic E-state index is 12.3. The van der Waals surface area contributed by atoms with Gasteiger partial charge in [-0.15, -0.1) is 0 Å². The van der Waals surface area contributed by atoms with E-state index in [0.29, 0.717) is 26.1 Å². The van der Waals surface area contributed by atoms with Crippen molar-refractivity contribution in [2.75, 3.05) is 19.7 Å². The highest BCUT2D eigenvalue weighted by atomic mass is 16.5. The number of aliphatic carboxylic acids is 1. The number of carbonyl (C=O) groups is 2. The van der Waals surface area contributed by atoms with Gasteiger partial charge < -0.3 is 14.7 Å². The van der Waals surface area contributed by atoms with Gasteiger partial charge in [-0.3, -0.25) is 9.59 Å². The van der Waals surface area contributed by atoms with Gasteiger partial charge >= 0.3 is 5.97 Å². The van der Waals surface area contributed by atoms with Gasteiger partial charge in [0.25, 0.3) is 0 Å². The quantitative estimate of drug-likeness (QED) is 0.899. The number of likely N-dealkylation sites (tertiary alicyclic amines) is 1. The summed E-state index contributed by atoms with van der Waals surface area (Å²) >= 11 is 0. The predicted octanol–water partition coefficient (Wildman–Crippen LogP) is 1.17. The van der Waals surface area contributed by atoms with Crippen LogP contribution in [0.1, 0.15) is 12.0 Å². The van der Waals surface area contributed by atoms with Gasteiger partial charge in [-0.1, -0.05) is 18.2 Å². The topological polar surface area (TPSA) is 66.8 Å². The number of hydrogen-bond acceptors (Lipinski definition) is 3. The number of carboxylic acid groups (broad SMARTS) is 1. The zero-order valence-corrected chi connectivity index (χ0v) is 11.1. The number of carbonyl (C=O) groups excluding carboxylic acids is 1. The maximum absolute atomic E-state index is 12.3. The molecule has 0 aliphatic carbocycles. The molecule has 1 fully saturated rings. The number of rotatable bonds is 3. The lowest BCUT2D eigenvalue weighted by Gasteiger charge is -2.41. The van der Waals surface area contributed by atoms with Crippen molar-refractivity contribution < 1.29 is 19.4 Å². The summed E-state index contributed by atoms with van der Waals surface area (Å²) in [6.07, 6.45) is 0.850. The third-order valence-electron chi connectivity index (χ3n) is 3.96. The van der Waals surface area contributed by atoms with Crippen LogP contribution in [0.3, 0.4) is 0 Å². The number of amides is 1. The summed E-state index contributed by atoms with van der Waals surface area (Å²) in [4.78, 5) is 24.7. The zero-order chi connectivity index (χ0) is 14.1. The summed E-state index contributed by atoms with van der Waals surface area (Å²) in [5.41, 5.74) is 1.07. The molecule has 1 unspecified atom stereocenters. The van der Waals surface area contributed by atoms with Crippen LogP contribution in [0, 0.1) is 11.8 Å². The van der Waals surface area contributed by atoms with Crippen LogP contribution in [-0.4, -0.2) is 41.6 Å². The van der Waals surface area contributed by atoms with Crippen molar-refractivity contribution in [3.63, 3.8) is 0 Å². The summed E-state index contributed by atoms with van der Waals surface area (Å²) in [6, 6.07) is 7.77. The Morgan fingerprint density at radius 3 is 2.80 bits per heavy atom. The molecule has 1 saturated heterocycles. The van der Waals surface area contributed by atoms with Crippen molar-refractivity contribution in [3.8, 4) is 5.75 Å². The molecule has 1 aromatic carbocycles. The number of ether oxygens (including phenoxy) is 1. The van der Waals surface area contributed by atoms with E-state index >= 15 is 0 Å². The second-order valence-electron chi connectivity index (χ2n) is 5.53. The minimum absolute atomic E-state index is 0.0844. The van der Waals surface area contributed by atoms with Gasteiger partial charge in [-0.25, -0.2) is 0 Å². The molecule has 1 amide bonds. The smallest absolute Gasteiger partial charge is 0.303 e. The van der Waals surface area contributed by atoms with Crippen LogP contribution >= 0.6 is 0 Å². The highest BCUT2D eigenvalue weighted by Crippen LogP contribution is 2.29. The third-order valence-corrected chi connectivity index (χ3v) is 3.96. The molecule has 2 aliphatic heterocycles. The molecule has 0 bridgehead atoms. The summed E-state index contributed by atoms with van der Waals surface area (Å²) in [5.74, 6) is 0.117. The van der Waals surface area contributed by atoms with Crippen LogP contribution in [0.15, 0.2) is 24.3 Å². The van der Waals surface area contributed by atoms with Crippen molar-refractivity contribution in [1.29, 1.82) is 0 Å². The Kier molecular flexibility index (Phi) is 3.34. The first-order valence-electron chi connectivity index (χ1n) is 6.85. The second kappa shape index (κ2) is 5.15. The number of benzene rings is 1. The van der Waals surface area contributed by atoms with Crippen molar-refractivity contribution in [2.24, 2.45) is 11.8 Å². The van der Waals surface area contributed by atoms with E-state index in [-0.39, 0.29) is 24.2 Å². The third kappa shape index (κ3) is 2.48. The Hall–Kier alpha value is -2.04. The zero-order valence-electron chi connectivity index (χ0n) is 11.1. The molecule has 3 rings (SSSR count). The molecular weight excluding hydrogens is 258 g/mol. The van der Waals surface area contributed by atoms with Crippen LogP contribution in [0.2, 0.25) is 0 Å². The number of fused-ring (bicyclic) bond motifs is 1. The van der Waals surface area contributed by atoms with E-state index in [4.69, 9.17) is 9.84 Å². The largest absolute Gasteiger partial charge is 0.492 e. The van der Waals surface area contributed by atoms with E-state index in [1.54, 1.807) is 4.90 Å². The monoisotopic (exact) mass is 275 g/mol. The van der Waals surface area contributed by atoms with Gasteiger partial charge in [-0.2, -0.15) is 0 Å². The molecule has 5 nitrogen and oxygen atoms in total. The van der Waals surface area contributed by atoms with Crippen LogP contribution < -0.4 is 4.74 Å². The number of hydrogen-bond donors (Lipinski definition) is 1. The molecule has 0 aromatic heterocycles. The molecule has 2 heterocycles. The first-order valence-corrected chi connectivity index (χ1v) is 6.85. The molecule has 106 valence electrons. The summed E-state index contributed by atoms with van der Waals surface area (Å²) in [6.45, 7) is 1.53. The number of para-hydroxylation sites is 1. The SMILES string of the molecule is O=C(O)CC1CN(C(=O)C2COc3ccccc3C2)C1.